The Balaban J connectivity index is 2.00. The number of aromatic nitrogens is 2. The summed E-state index contributed by atoms with van der Waals surface area (Å²) in [5.41, 5.74) is 0.561. The summed E-state index contributed by atoms with van der Waals surface area (Å²) in [4.78, 5) is 1.21. The molecule has 0 bridgehead atoms. The molecule has 0 N–H and O–H groups in total. The van der Waals surface area contributed by atoms with Crippen molar-refractivity contribution in [3.05, 3.63) is 23.7 Å². The van der Waals surface area contributed by atoms with Crippen LogP contribution in [0.25, 0.3) is 10.6 Å². The second-order valence-electron chi connectivity index (χ2n) is 5.58. The van der Waals surface area contributed by atoms with Gasteiger partial charge in [-0.25, -0.2) is 8.42 Å². The van der Waals surface area contributed by atoms with Crippen molar-refractivity contribution >= 4 is 21.4 Å². The smallest absolute Gasteiger partial charge is 0.246 e. The van der Waals surface area contributed by atoms with E-state index in [-0.39, 0.29) is 0 Å². The molecule has 114 valence electrons. The van der Waals surface area contributed by atoms with Crippen molar-refractivity contribution in [2.45, 2.75) is 24.7 Å². The number of piperidine rings is 1. The summed E-state index contributed by atoms with van der Waals surface area (Å²) < 4.78 is 29.0. The zero-order chi connectivity index (χ0) is 15.0. The van der Waals surface area contributed by atoms with E-state index in [1.54, 1.807) is 22.2 Å². The third kappa shape index (κ3) is 2.77. The fourth-order valence-corrected chi connectivity index (χ4v) is 5.04. The number of aryl methyl sites for hydroxylation is 1. The van der Waals surface area contributed by atoms with Gasteiger partial charge in [-0.2, -0.15) is 9.40 Å². The molecule has 0 unspecified atom stereocenters. The molecule has 7 heteroatoms. The topological polar surface area (TPSA) is 55.2 Å². The van der Waals surface area contributed by atoms with Gasteiger partial charge in [-0.15, -0.1) is 11.3 Å². The summed E-state index contributed by atoms with van der Waals surface area (Å²) in [5, 5.41) is 6.28. The van der Waals surface area contributed by atoms with Crippen LogP contribution in [0.5, 0.6) is 0 Å². The Bertz CT molecular complexity index is 711. The van der Waals surface area contributed by atoms with Crippen LogP contribution in [0.2, 0.25) is 0 Å². The summed E-state index contributed by atoms with van der Waals surface area (Å²) in [7, 11) is -1.71. The van der Waals surface area contributed by atoms with Crippen molar-refractivity contribution in [1.82, 2.24) is 14.1 Å². The van der Waals surface area contributed by atoms with Gasteiger partial charge in [-0.1, -0.05) is 13.0 Å². The lowest BCUT2D eigenvalue weighted by Crippen LogP contribution is -2.37. The van der Waals surface area contributed by atoms with Crippen molar-refractivity contribution in [2.24, 2.45) is 13.0 Å². The van der Waals surface area contributed by atoms with Crippen LogP contribution in [0.15, 0.2) is 28.6 Å². The first-order valence-electron chi connectivity index (χ1n) is 7.06. The van der Waals surface area contributed by atoms with Crippen LogP contribution in [0, 0.1) is 5.92 Å². The maximum atomic E-state index is 12.9. The van der Waals surface area contributed by atoms with Gasteiger partial charge in [0.25, 0.3) is 0 Å². The number of sulfonamides is 1. The van der Waals surface area contributed by atoms with Crippen molar-refractivity contribution in [3.63, 3.8) is 0 Å². The van der Waals surface area contributed by atoms with E-state index in [1.807, 2.05) is 17.5 Å². The molecular weight excluding hydrogens is 306 g/mol. The average Bonchev–Trinajstić information content (AvgIpc) is 3.08. The summed E-state index contributed by atoms with van der Waals surface area (Å²) in [6, 6.07) is 3.82. The predicted molar refractivity (Wildman–Crippen MR) is 83.7 cm³/mol. The fourth-order valence-electron chi connectivity index (χ4n) is 2.60. The summed E-state index contributed by atoms with van der Waals surface area (Å²) in [6.45, 7) is 3.37. The molecule has 21 heavy (non-hydrogen) atoms. The Labute approximate surface area is 129 Å². The standard InChI is InChI=1S/C14H19N3O2S2/c1-11-5-7-17(8-6-11)21(18,19)13-10-16(2)15-14(13)12-4-3-9-20-12/h3-4,9-11H,5-8H2,1-2H3. The molecule has 2 aromatic rings. The predicted octanol–water partition coefficient (Wildman–Crippen LogP) is 2.57. The van der Waals surface area contributed by atoms with E-state index in [0.29, 0.717) is 29.6 Å². The Morgan fingerprint density at radius 1 is 1.33 bits per heavy atom. The molecule has 0 spiro atoms. The molecule has 0 aliphatic carbocycles. The normalized spacial score (nSPS) is 18.2. The van der Waals surface area contributed by atoms with Gasteiger partial charge in [0, 0.05) is 26.3 Å². The second-order valence-corrected chi connectivity index (χ2v) is 8.43. The Kier molecular flexibility index (Phi) is 3.90. The summed E-state index contributed by atoms with van der Waals surface area (Å²) in [6.07, 6.45) is 3.46. The van der Waals surface area contributed by atoms with Crippen molar-refractivity contribution in [3.8, 4) is 10.6 Å². The number of nitrogens with zero attached hydrogens (tertiary/aromatic N) is 3. The Morgan fingerprint density at radius 2 is 2.05 bits per heavy atom. The molecule has 0 atom stereocenters. The highest BCUT2D eigenvalue weighted by Crippen LogP contribution is 2.32. The third-order valence-corrected chi connectivity index (χ3v) is 6.69. The van der Waals surface area contributed by atoms with Gasteiger partial charge >= 0.3 is 0 Å². The minimum Gasteiger partial charge on any atom is -0.274 e. The second kappa shape index (κ2) is 5.55. The molecule has 2 aromatic heterocycles. The first-order chi connectivity index (χ1) is 9.98. The number of rotatable bonds is 3. The van der Waals surface area contributed by atoms with Crippen LogP contribution in [-0.4, -0.2) is 35.6 Å². The van der Waals surface area contributed by atoms with Gasteiger partial charge in [0.15, 0.2) is 0 Å². The van der Waals surface area contributed by atoms with Crippen LogP contribution in [0.1, 0.15) is 19.8 Å². The van der Waals surface area contributed by atoms with E-state index < -0.39 is 10.0 Å². The molecule has 1 aliphatic rings. The highest BCUT2D eigenvalue weighted by atomic mass is 32.2. The van der Waals surface area contributed by atoms with Gasteiger partial charge in [-0.3, -0.25) is 4.68 Å². The van der Waals surface area contributed by atoms with E-state index >= 15 is 0 Å². The van der Waals surface area contributed by atoms with Gasteiger partial charge in [0.05, 0.1) is 4.88 Å². The van der Waals surface area contributed by atoms with Crippen molar-refractivity contribution < 1.29 is 8.42 Å². The number of hydrogen-bond acceptors (Lipinski definition) is 4. The van der Waals surface area contributed by atoms with Gasteiger partial charge in [0.1, 0.15) is 10.6 Å². The Hall–Kier alpha value is -1.18. The van der Waals surface area contributed by atoms with Crippen LogP contribution in [0.4, 0.5) is 0 Å². The zero-order valence-corrected chi connectivity index (χ0v) is 13.8. The van der Waals surface area contributed by atoms with Crippen LogP contribution < -0.4 is 0 Å². The quantitative estimate of drug-likeness (QED) is 0.871. The van der Waals surface area contributed by atoms with Crippen LogP contribution in [0.3, 0.4) is 0 Å². The zero-order valence-electron chi connectivity index (χ0n) is 12.2. The van der Waals surface area contributed by atoms with Gasteiger partial charge < -0.3 is 0 Å². The molecule has 1 fully saturated rings. The fraction of sp³-hybridized carbons (Fsp3) is 0.500. The van der Waals surface area contributed by atoms with E-state index in [2.05, 4.69) is 12.0 Å². The van der Waals surface area contributed by atoms with E-state index in [0.717, 1.165) is 17.7 Å². The number of thiophene rings is 1. The van der Waals surface area contributed by atoms with E-state index in [4.69, 9.17) is 0 Å². The highest BCUT2D eigenvalue weighted by molar-refractivity contribution is 7.89. The minimum atomic E-state index is -3.46. The van der Waals surface area contributed by atoms with Gasteiger partial charge in [-0.05, 0) is 30.2 Å². The van der Waals surface area contributed by atoms with Crippen LogP contribution >= 0.6 is 11.3 Å². The highest BCUT2D eigenvalue weighted by Gasteiger charge is 2.32. The molecule has 1 saturated heterocycles. The van der Waals surface area contributed by atoms with Crippen LogP contribution in [-0.2, 0) is 17.1 Å². The maximum Gasteiger partial charge on any atom is 0.246 e. The largest absolute Gasteiger partial charge is 0.274 e. The molecule has 0 saturated carbocycles. The molecule has 0 radical (unpaired) electrons. The van der Waals surface area contributed by atoms with Crippen molar-refractivity contribution in [1.29, 1.82) is 0 Å². The lowest BCUT2D eigenvalue weighted by molar-refractivity contribution is 0.288. The molecular formula is C14H19N3O2S2. The van der Waals surface area contributed by atoms with E-state index in [1.165, 1.54) is 11.3 Å². The first kappa shape index (κ1) is 14.7. The lowest BCUT2D eigenvalue weighted by atomic mass is 10.0. The molecule has 1 aliphatic heterocycles. The maximum absolute atomic E-state index is 12.9. The average molecular weight is 325 g/mol. The SMILES string of the molecule is CC1CCN(S(=O)(=O)c2cn(C)nc2-c2cccs2)CC1. The van der Waals surface area contributed by atoms with Crippen molar-refractivity contribution in [2.75, 3.05) is 13.1 Å². The number of hydrogen-bond donors (Lipinski definition) is 0. The molecule has 3 heterocycles. The lowest BCUT2D eigenvalue weighted by Gasteiger charge is -2.29. The molecule has 3 rings (SSSR count). The molecule has 5 nitrogen and oxygen atoms in total. The Morgan fingerprint density at radius 3 is 2.67 bits per heavy atom. The first-order valence-corrected chi connectivity index (χ1v) is 9.38. The summed E-state index contributed by atoms with van der Waals surface area (Å²) in [5.74, 6) is 0.599. The monoisotopic (exact) mass is 325 g/mol. The third-order valence-electron chi connectivity index (χ3n) is 3.91. The van der Waals surface area contributed by atoms with Gasteiger partial charge in [0.2, 0.25) is 10.0 Å². The molecule has 0 amide bonds. The minimum absolute atomic E-state index is 0.321. The molecule has 0 aromatic carbocycles. The van der Waals surface area contributed by atoms with E-state index in [9.17, 15) is 8.42 Å². The summed E-state index contributed by atoms with van der Waals surface area (Å²) >= 11 is 1.51.